The Morgan fingerprint density at radius 2 is 2.27 bits per heavy atom. The van der Waals surface area contributed by atoms with Crippen LogP contribution < -0.4 is 0 Å². The number of carbonyl (C=O) groups is 2. The average molecular weight is 230 g/mol. The molecule has 2 aliphatic heterocycles. The van der Waals surface area contributed by atoms with E-state index < -0.39 is 11.5 Å². The second kappa shape index (κ2) is 3.59. The number of amides is 2. The maximum absolute atomic E-state index is 11.8. The van der Waals surface area contributed by atoms with E-state index in [9.17, 15) is 14.7 Å². The molecule has 2 saturated heterocycles. The van der Waals surface area contributed by atoms with E-state index in [1.54, 1.807) is 23.7 Å². The van der Waals surface area contributed by atoms with Gasteiger partial charge in [0.05, 0.1) is 0 Å². The minimum Gasteiger partial charge on any atom is -0.479 e. The van der Waals surface area contributed by atoms with Crippen LogP contribution in [0.4, 0.5) is 4.79 Å². The molecule has 1 unspecified atom stereocenters. The molecule has 0 saturated carbocycles. The van der Waals surface area contributed by atoms with E-state index in [1.165, 1.54) is 4.90 Å². The SMILES string of the molecule is CN1CCN(C2(C(=O)O)CCSC2)C1=O. The molecule has 0 aromatic heterocycles. The fourth-order valence-corrected chi connectivity index (χ4v) is 3.48. The Morgan fingerprint density at radius 3 is 2.67 bits per heavy atom. The summed E-state index contributed by atoms with van der Waals surface area (Å²) in [6.07, 6.45) is 0.562. The molecule has 2 heterocycles. The van der Waals surface area contributed by atoms with E-state index in [4.69, 9.17) is 0 Å². The first-order chi connectivity index (χ1) is 7.08. The van der Waals surface area contributed by atoms with Crippen LogP contribution >= 0.6 is 11.8 Å². The Bertz CT molecular complexity index is 302. The van der Waals surface area contributed by atoms with Gasteiger partial charge < -0.3 is 14.9 Å². The number of rotatable bonds is 2. The molecule has 2 aliphatic rings. The predicted molar refractivity (Wildman–Crippen MR) is 57.0 cm³/mol. The molecule has 2 rings (SSSR count). The van der Waals surface area contributed by atoms with Gasteiger partial charge in [-0.2, -0.15) is 11.8 Å². The molecule has 1 N–H and O–H groups in total. The summed E-state index contributed by atoms with van der Waals surface area (Å²) in [6.45, 7) is 1.15. The maximum atomic E-state index is 11.8. The first-order valence-corrected chi connectivity index (χ1v) is 6.07. The van der Waals surface area contributed by atoms with Crippen LogP contribution in [0.15, 0.2) is 0 Å². The van der Waals surface area contributed by atoms with Gasteiger partial charge in [-0.05, 0) is 12.2 Å². The molecule has 0 spiro atoms. The Kier molecular flexibility index (Phi) is 2.54. The lowest BCUT2D eigenvalue weighted by atomic mass is 9.97. The van der Waals surface area contributed by atoms with Gasteiger partial charge in [0.2, 0.25) is 0 Å². The van der Waals surface area contributed by atoms with Crippen molar-refractivity contribution in [3.63, 3.8) is 0 Å². The summed E-state index contributed by atoms with van der Waals surface area (Å²) >= 11 is 1.61. The molecular formula is C9H14N2O3S. The zero-order valence-corrected chi connectivity index (χ0v) is 9.42. The highest BCUT2D eigenvalue weighted by Gasteiger charge is 2.51. The summed E-state index contributed by atoms with van der Waals surface area (Å²) in [7, 11) is 1.71. The van der Waals surface area contributed by atoms with Crippen molar-refractivity contribution in [1.82, 2.24) is 9.80 Å². The largest absolute Gasteiger partial charge is 0.479 e. The third-order valence-electron chi connectivity index (χ3n) is 3.13. The van der Waals surface area contributed by atoms with Gasteiger partial charge in [-0.1, -0.05) is 0 Å². The average Bonchev–Trinajstić information content (AvgIpc) is 2.77. The summed E-state index contributed by atoms with van der Waals surface area (Å²) in [6, 6.07) is -0.153. The molecule has 0 radical (unpaired) electrons. The smallest absolute Gasteiger partial charge is 0.330 e. The molecule has 0 aromatic carbocycles. The molecule has 0 bridgehead atoms. The highest BCUT2D eigenvalue weighted by molar-refractivity contribution is 7.99. The first-order valence-electron chi connectivity index (χ1n) is 4.92. The molecule has 84 valence electrons. The van der Waals surface area contributed by atoms with Crippen molar-refractivity contribution in [2.24, 2.45) is 0 Å². The summed E-state index contributed by atoms with van der Waals surface area (Å²) in [4.78, 5) is 26.2. The quantitative estimate of drug-likeness (QED) is 0.742. The van der Waals surface area contributed by atoms with Crippen LogP contribution in [-0.4, -0.2) is 64.1 Å². The number of hydrogen-bond acceptors (Lipinski definition) is 3. The minimum atomic E-state index is -0.952. The third kappa shape index (κ3) is 1.47. The Hall–Kier alpha value is -0.910. The van der Waals surface area contributed by atoms with E-state index in [0.717, 1.165) is 5.75 Å². The number of thioether (sulfide) groups is 1. The van der Waals surface area contributed by atoms with Gasteiger partial charge in [-0.15, -0.1) is 0 Å². The molecular weight excluding hydrogens is 216 g/mol. The molecule has 2 fully saturated rings. The lowest BCUT2D eigenvalue weighted by molar-refractivity contribution is -0.147. The Balaban J connectivity index is 2.26. The van der Waals surface area contributed by atoms with Crippen molar-refractivity contribution < 1.29 is 14.7 Å². The summed E-state index contributed by atoms with van der Waals surface area (Å²) in [5.74, 6) is 0.470. The number of nitrogens with zero attached hydrogens (tertiary/aromatic N) is 2. The molecule has 6 heteroatoms. The van der Waals surface area contributed by atoms with Gasteiger partial charge in [0.25, 0.3) is 0 Å². The molecule has 0 aliphatic carbocycles. The molecule has 5 nitrogen and oxygen atoms in total. The van der Waals surface area contributed by atoms with Crippen LogP contribution in [0.5, 0.6) is 0 Å². The van der Waals surface area contributed by atoms with Crippen molar-refractivity contribution in [2.75, 3.05) is 31.6 Å². The van der Waals surface area contributed by atoms with Crippen LogP contribution in [0.25, 0.3) is 0 Å². The predicted octanol–water partition coefficient (Wildman–Crippen LogP) is 0.314. The molecule has 0 aromatic rings. The van der Waals surface area contributed by atoms with Crippen LogP contribution in [-0.2, 0) is 4.79 Å². The minimum absolute atomic E-state index is 0.153. The van der Waals surface area contributed by atoms with Gasteiger partial charge in [-0.3, -0.25) is 0 Å². The zero-order chi connectivity index (χ0) is 11.1. The highest BCUT2D eigenvalue weighted by Crippen LogP contribution is 2.35. The van der Waals surface area contributed by atoms with Gasteiger partial charge in [0.1, 0.15) is 0 Å². The monoisotopic (exact) mass is 230 g/mol. The van der Waals surface area contributed by atoms with Crippen LogP contribution in [0.1, 0.15) is 6.42 Å². The molecule has 2 amide bonds. The maximum Gasteiger partial charge on any atom is 0.330 e. The van der Waals surface area contributed by atoms with Crippen molar-refractivity contribution in [2.45, 2.75) is 12.0 Å². The topological polar surface area (TPSA) is 60.9 Å². The third-order valence-corrected chi connectivity index (χ3v) is 4.31. The standard InChI is InChI=1S/C9H14N2O3S/c1-10-3-4-11(8(10)14)9(7(12)13)2-5-15-6-9/h2-6H2,1H3,(H,12,13). The van der Waals surface area contributed by atoms with E-state index in [0.29, 0.717) is 25.3 Å². The van der Waals surface area contributed by atoms with Gasteiger partial charge in [0.15, 0.2) is 5.54 Å². The fourth-order valence-electron chi connectivity index (χ4n) is 2.10. The number of aliphatic carboxylic acids is 1. The van der Waals surface area contributed by atoms with E-state index in [1.807, 2.05) is 0 Å². The number of carboxylic acid groups (broad SMARTS) is 1. The lowest BCUT2D eigenvalue weighted by Gasteiger charge is -2.33. The van der Waals surface area contributed by atoms with Crippen LogP contribution in [0.3, 0.4) is 0 Å². The van der Waals surface area contributed by atoms with Crippen LogP contribution in [0, 0.1) is 0 Å². The molecule has 15 heavy (non-hydrogen) atoms. The van der Waals surface area contributed by atoms with E-state index in [2.05, 4.69) is 0 Å². The number of likely N-dealkylation sites (N-methyl/N-ethyl adjacent to an activating group) is 1. The van der Waals surface area contributed by atoms with E-state index >= 15 is 0 Å². The molecule has 1 atom stereocenters. The number of carboxylic acids is 1. The lowest BCUT2D eigenvalue weighted by Crippen LogP contribution is -2.56. The van der Waals surface area contributed by atoms with Gasteiger partial charge in [-0.25, -0.2) is 9.59 Å². The van der Waals surface area contributed by atoms with Crippen molar-refractivity contribution >= 4 is 23.8 Å². The van der Waals surface area contributed by atoms with Crippen molar-refractivity contribution in [3.8, 4) is 0 Å². The Labute approximate surface area is 92.4 Å². The van der Waals surface area contributed by atoms with Crippen molar-refractivity contribution in [3.05, 3.63) is 0 Å². The number of hydrogen-bond donors (Lipinski definition) is 1. The summed E-state index contributed by atoms with van der Waals surface area (Å²) < 4.78 is 0. The highest BCUT2D eigenvalue weighted by atomic mass is 32.2. The van der Waals surface area contributed by atoms with E-state index in [-0.39, 0.29) is 6.03 Å². The number of urea groups is 1. The van der Waals surface area contributed by atoms with Gasteiger partial charge in [0, 0.05) is 25.9 Å². The Morgan fingerprint density at radius 1 is 1.53 bits per heavy atom. The van der Waals surface area contributed by atoms with Crippen LogP contribution in [0.2, 0.25) is 0 Å². The van der Waals surface area contributed by atoms with Gasteiger partial charge >= 0.3 is 12.0 Å². The zero-order valence-electron chi connectivity index (χ0n) is 8.60. The van der Waals surface area contributed by atoms with Crippen molar-refractivity contribution in [1.29, 1.82) is 0 Å². The second-order valence-corrected chi connectivity index (χ2v) is 5.10. The normalized spacial score (nSPS) is 31.4. The summed E-state index contributed by atoms with van der Waals surface area (Å²) in [5.41, 5.74) is -0.952. The first kappa shape index (κ1) is 10.6. The fraction of sp³-hybridized carbons (Fsp3) is 0.778. The number of carbonyl (C=O) groups excluding carboxylic acids is 1. The second-order valence-electron chi connectivity index (χ2n) is 4.00. The summed E-state index contributed by atoms with van der Waals surface area (Å²) in [5, 5.41) is 9.30.